The number of para-hydroxylation sites is 2. The van der Waals surface area contributed by atoms with Gasteiger partial charge in [0.2, 0.25) is 0 Å². The van der Waals surface area contributed by atoms with Crippen molar-refractivity contribution >= 4 is 16.9 Å². The Labute approximate surface area is 164 Å². The number of fused-ring (bicyclic) bond motifs is 1. The average molecular weight is 369 g/mol. The van der Waals surface area contributed by atoms with Crippen LogP contribution in [0.15, 0.2) is 84.9 Å². The standard InChI is InChI=1S/C24H23N3O/c1-17(25-24(28)20-13-7-4-8-14-20)23-26-21-15-9-10-16-22(21)27(23)18(2)19-11-5-3-6-12-19/h3-18H,1-2H3,(H,25,28). The number of rotatable bonds is 5. The highest BCUT2D eigenvalue weighted by Crippen LogP contribution is 2.29. The molecular formula is C24H23N3O. The fourth-order valence-electron chi connectivity index (χ4n) is 3.59. The second kappa shape index (κ2) is 7.69. The van der Waals surface area contributed by atoms with E-state index in [0.29, 0.717) is 5.56 Å². The molecule has 1 amide bonds. The van der Waals surface area contributed by atoms with Gasteiger partial charge < -0.3 is 9.88 Å². The molecule has 0 bridgehead atoms. The van der Waals surface area contributed by atoms with E-state index in [9.17, 15) is 4.79 Å². The van der Waals surface area contributed by atoms with Crippen molar-refractivity contribution in [3.05, 3.63) is 102 Å². The monoisotopic (exact) mass is 369 g/mol. The van der Waals surface area contributed by atoms with Gasteiger partial charge in [-0.3, -0.25) is 4.79 Å². The zero-order valence-electron chi connectivity index (χ0n) is 16.0. The lowest BCUT2D eigenvalue weighted by Crippen LogP contribution is -2.29. The Hall–Kier alpha value is -3.40. The summed E-state index contributed by atoms with van der Waals surface area (Å²) < 4.78 is 2.22. The van der Waals surface area contributed by atoms with Crippen LogP contribution in [-0.2, 0) is 0 Å². The van der Waals surface area contributed by atoms with Gasteiger partial charge in [0.25, 0.3) is 5.91 Å². The summed E-state index contributed by atoms with van der Waals surface area (Å²) in [5, 5.41) is 3.10. The molecule has 4 aromatic rings. The molecular weight excluding hydrogens is 346 g/mol. The molecule has 0 fully saturated rings. The fourth-order valence-corrected chi connectivity index (χ4v) is 3.59. The summed E-state index contributed by atoms with van der Waals surface area (Å²) in [7, 11) is 0. The van der Waals surface area contributed by atoms with Crippen LogP contribution in [0.25, 0.3) is 11.0 Å². The predicted molar refractivity (Wildman–Crippen MR) is 112 cm³/mol. The van der Waals surface area contributed by atoms with Crippen molar-refractivity contribution in [3.63, 3.8) is 0 Å². The molecule has 2 atom stereocenters. The third kappa shape index (κ3) is 3.41. The van der Waals surface area contributed by atoms with Crippen LogP contribution in [-0.4, -0.2) is 15.5 Å². The summed E-state index contributed by atoms with van der Waals surface area (Å²) in [4.78, 5) is 17.5. The SMILES string of the molecule is CC(NC(=O)c1ccccc1)c1nc2ccccc2n1C(C)c1ccccc1. The van der Waals surface area contributed by atoms with Gasteiger partial charge in [-0.25, -0.2) is 4.98 Å². The third-order valence-electron chi connectivity index (χ3n) is 5.06. The number of hydrogen-bond donors (Lipinski definition) is 1. The van der Waals surface area contributed by atoms with E-state index in [0.717, 1.165) is 16.9 Å². The summed E-state index contributed by atoms with van der Waals surface area (Å²) in [6.45, 7) is 4.15. The van der Waals surface area contributed by atoms with Crippen molar-refractivity contribution in [1.29, 1.82) is 0 Å². The van der Waals surface area contributed by atoms with Crippen molar-refractivity contribution in [2.45, 2.75) is 25.9 Å². The van der Waals surface area contributed by atoms with E-state index in [1.807, 2.05) is 73.7 Å². The average Bonchev–Trinajstić information content (AvgIpc) is 3.14. The molecule has 4 rings (SSSR count). The van der Waals surface area contributed by atoms with E-state index in [4.69, 9.17) is 4.98 Å². The maximum absolute atomic E-state index is 12.6. The third-order valence-corrected chi connectivity index (χ3v) is 5.06. The Morgan fingerprint density at radius 2 is 1.46 bits per heavy atom. The van der Waals surface area contributed by atoms with E-state index in [2.05, 4.69) is 35.0 Å². The van der Waals surface area contributed by atoms with Crippen LogP contribution in [0.5, 0.6) is 0 Å². The Balaban J connectivity index is 1.73. The number of hydrogen-bond acceptors (Lipinski definition) is 2. The molecule has 0 saturated heterocycles. The molecule has 0 radical (unpaired) electrons. The minimum atomic E-state index is -0.230. The van der Waals surface area contributed by atoms with Crippen LogP contribution in [0.4, 0.5) is 0 Å². The largest absolute Gasteiger partial charge is 0.342 e. The molecule has 28 heavy (non-hydrogen) atoms. The first-order valence-corrected chi connectivity index (χ1v) is 9.53. The van der Waals surface area contributed by atoms with Gasteiger partial charge in [0.15, 0.2) is 0 Å². The van der Waals surface area contributed by atoms with Gasteiger partial charge in [-0.1, -0.05) is 60.7 Å². The number of aromatic nitrogens is 2. The molecule has 140 valence electrons. The second-order valence-corrected chi connectivity index (χ2v) is 6.98. The van der Waals surface area contributed by atoms with Gasteiger partial charge in [0.1, 0.15) is 5.82 Å². The number of benzene rings is 3. The van der Waals surface area contributed by atoms with Gasteiger partial charge in [-0.05, 0) is 43.7 Å². The molecule has 4 heteroatoms. The number of nitrogens with zero attached hydrogens (tertiary/aromatic N) is 2. The van der Waals surface area contributed by atoms with Crippen LogP contribution >= 0.6 is 0 Å². The van der Waals surface area contributed by atoms with E-state index in [1.165, 1.54) is 5.56 Å². The summed E-state index contributed by atoms with van der Waals surface area (Å²) in [5.74, 6) is 0.751. The van der Waals surface area contributed by atoms with Crippen molar-refractivity contribution < 1.29 is 4.79 Å². The highest BCUT2D eigenvalue weighted by atomic mass is 16.1. The van der Waals surface area contributed by atoms with E-state index >= 15 is 0 Å². The highest BCUT2D eigenvalue weighted by molar-refractivity contribution is 5.94. The van der Waals surface area contributed by atoms with E-state index in [-0.39, 0.29) is 18.0 Å². The summed E-state index contributed by atoms with van der Waals surface area (Å²) in [5.41, 5.74) is 3.84. The molecule has 1 heterocycles. The second-order valence-electron chi connectivity index (χ2n) is 6.98. The predicted octanol–water partition coefficient (Wildman–Crippen LogP) is 5.14. The van der Waals surface area contributed by atoms with E-state index in [1.54, 1.807) is 0 Å². The molecule has 0 aliphatic heterocycles. The first-order chi connectivity index (χ1) is 13.6. The maximum atomic E-state index is 12.6. The van der Waals surface area contributed by atoms with Crippen molar-refractivity contribution in [2.24, 2.45) is 0 Å². The zero-order chi connectivity index (χ0) is 19.5. The number of carbonyl (C=O) groups excluding carboxylic acids is 1. The van der Waals surface area contributed by atoms with Crippen LogP contribution < -0.4 is 5.32 Å². The lowest BCUT2D eigenvalue weighted by molar-refractivity contribution is 0.0937. The van der Waals surface area contributed by atoms with Crippen LogP contribution in [0, 0.1) is 0 Å². The molecule has 4 nitrogen and oxygen atoms in total. The van der Waals surface area contributed by atoms with Crippen molar-refractivity contribution in [3.8, 4) is 0 Å². The minimum absolute atomic E-state index is 0.0969. The normalized spacial score (nSPS) is 13.2. The zero-order valence-corrected chi connectivity index (χ0v) is 16.0. The Morgan fingerprint density at radius 1 is 0.857 bits per heavy atom. The van der Waals surface area contributed by atoms with Crippen LogP contribution in [0.2, 0.25) is 0 Å². The highest BCUT2D eigenvalue weighted by Gasteiger charge is 2.22. The maximum Gasteiger partial charge on any atom is 0.251 e. The molecule has 2 unspecified atom stereocenters. The summed E-state index contributed by atoms with van der Waals surface area (Å²) in [6, 6.07) is 27.6. The van der Waals surface area contributed by atoms with E-state index < -0.39 is 0 Å². The van der Waals surface area contributed by atoms with Gasteiger partial charge in [0.05, 0.1) is 23.1 Å². The fraction of sp³-hybridized carbons (Fsp3) is 0.167. The Bertz CT molecular complexity index is 1090. The lowest BCUT2D eigenvalue weighted by Gasteiger charge is -2.22. The number of amides is 1. The van der Waals surface area contributed by atoms with Gasteiger partial charge >= 0.3 is 0 Å². The molecule has 0 spiro atoms. The van der Waals surface area contributed by atoms with Crippen molar-refractivity contribution in [2.75, 3.05) is 0 Å². The molecule has 3 aromatic carbocycles. The number of carbonyl (C=O) groups is 1. The van der Waals surface area contributed by atoms with Crippen LogP contribution in [0.3, 0.4) is 0 Å². The smallest absolute Gasteiger partial charge is 0.251 e. The minimum Gasteiger partial charge on any atom is -0.342 e. The quantitative estimate of drug-likeness (QED) is 0.530. The summed E-state index contributed by atoms with van der Waals surface area (Å²) in [6.07, 6.45) is 0. The topological polar surface area (TPSA) is 46.9 Å². The molecule has 1 aromatic heterocycles. The molecule has 0 aliphatic carbocycles. The van der Waals surface area contributed by atoms with Crippen LogP contribution in [0.1, 0.15) is 47.7 Å². The van der Waals surface area contributed by atoms with Gasteiger partial charge in [0, 0.05) is 5.56 Å². The first-order valence-electron chi connectivity index (χ1n) is 9.53. The first kappa shape index (κ1) is 18.0. The van der Waals surface area contributed by atoms with Gasteiger partial charge in [-0.2, -0.15) is 0 Å². The molecule has 1 N–H and O–H groups in total. The Morgan fingerprint density at radius 3 is 2.18 bits per heavy atom. The lowest BCUT2D eigenvalue weighted by atomic mass is 10.1. The molecule has 0 aliphatic rings. The number of imidazole rings is 1. The summed E-state index contributed by atoms with van der Waals surface area (Å²) >= 11 is 0. The Kier molecular flexibility index (Phi) is 4.94. The van der Waals surface area contributed by atoms with Crippen molar-refractivity contribution in [1.82, 2.24) is 14.9 Å². The molecule has 0 saturated carbocycles. The number of nitrogens with one attached hydrogen (secondary N) is 1. The van der Waals surface area contributed by atoms with Gasteiger partial charge in [-0.15, -0.1) is 0 Å².